The lowest BCUT2D eigenvalue weighted by Crippen LogP contribution is -2.26. The number of aliphatic carboxylic acids is 1. The minimum absolute atomic E-state index is 0.0335. The van der Waals surface area contributed by atoms with Gasteiger partial charge in [-0.1, -0.05) is 30.3 Å². The van der Waals surface area contributed by atoms with E-state index >= 15 is 0 Å². The Bertz CT molecular complexity index is 474. The molecule has 1 atom stereocenters. The van der Waals surface area contributed by atoms with Gasteiger partial charge in [-0.3, -0.25) is 9.59 Å². The number of nitrogens with zero attached hydrogens (tertiary/aromatic N) is 1. The zero-order valence-corrected chi connectivity index (χ0v) is 10.4. The van der Waals surface area contributed by atoms with Gasteiger partial charge in [0.2, 0.25) is 0 Å². The Kier molecular flexibility index (Phi) is 5.95. The molecule has 1 unspecified atom stereocenters. The van der Waals surface area contributed by atoms with Crippen LogP contribution in [0, 0.1) is 16.0 Å². The van der Waals surface area contributed by atoms with Crippen LogP contribution in [-0.2, 0) is 25.8 Å². The van der Waals surface area contributed by atoms with Crippen LogP contribution in [0.5, 0.6) is 0 Å². The highest BCUT2D eigenvalue weighted by Gasteiger charge is 2.24. The monoisotopic (exact) mass is 283 g/mol. The van der Waals surface area contributed by atoms with Crippen molar-refractivity contribution in [1.29, 1.82) is 0 Å². The molecule has 0 fully saturated rings. The number of hydrogen-bond donors (Lipinski definition) is 1. The number of hydrogen-bond acceptors (Lipinski definition) is 6. The second kappa shape index (κ2) is 7.72. The third-order valence-electron chi connectivity index (χ3n) is 2.36. The van der Waals surface area contributed by atoms with Crippen LogP contribution < -0.4 is 0 Å². The minimum atomic E-state index is -1.27. The van der Waals surface area contributed by atoms with E-state index in [1.54, 1.807) is 30.3 Å². The van der Waals surface area contributed by atoms with Crippen LogP contribution in [0.15, 0.2) is 30.3 Å². The van der Waals surface area contributed by atoms with E-state index in [0.717, 1.165) is 5.56 Å². The fourth-order valence-corrected chi connectivity index (χ4v) is 1.42. The van der Waals surface area contributed by atoms with Gasteiger partial charge in [-0.15, -0.1) is 10.1 Å². The molecule has 1 N–H and O–H groups in total. The highest BCUT2D eigenvalue weighted by molar-refractivity contribution is 5.79. The molecule has 0 heterocycles. The number of ether oxygens (including phenoxy) is 1. The molecule has 0 spiro atoms. The summed E-state index contributed by atoms with van der Waals surface area (Å²) in [7, 11) is 0. The van der Waals surface area contributed by atoms with E-state index in [1.807, 2.05) is 0 Å². The molecule has 1 aromatic rings. The Morgan fingerprint density at radius 1 is 1.30 bits per heavy atom. The molecule has 0 amide bonds. The first kappa shape index (κ1) is 15.4. The van der Waals surface area contributed by atoms with E-state index in [4.69, 9.17) is 9.84 Å². The Balaban J connectivity index is 2.53. The standard InChI is InChI=1S/C12H13NO7/c14-11(15)6-10(8-20-13(17)18)12(16)19-7-9-4-2-1-3-5-9/h1-5,10H,6-8H2,(H,14,15). The van der Waals surface area contributed by atoms with Gasteiger partial charge in [0.1, 0.15) is 13.2 Å². The fourth-order valence-electron chi connectivity index (χ4n) is 1.42. The van der Waals surface area contributed by atoms with Crippen molar-refractivity contribution in [3.8, 4) is 0 Å². The van der Waals surface area contributed by atoms with Crippen molar-refractivity contribution in [2.45, 2.75) is 13.0 Å². The quantitative estimate of drug-likeness (QED) is 0.430. The number of carboxylic acid groups (broad SMARTS) is 1. The van der Waals surface area contributed by atoms with E-state index in [-0.39, 0.29) is 6.61 Å². The number of esters is 1. The van der Waals surface area contributed by atoms with Gasteiger partial charge < -0.3 is 14.7 Å². The van der Waals surface area contributed by atoms with Gasteiger partial charge in [0.05, 0.1) is 12.3 Å². The first-order chi connectivity index (χ1) is 9.49. The zero-order chi connectivity index (χ0) is 15.0. The molecule has 108 valence electrons. The molecule has 0 aliphatic rings. The van der Waals surface area contributed by atoms with E-state index < -0.39 is 36.0 Å². The molecule has 0 bridgehead atoms. The van der Waals surface area contributed by atoms with Crippen molar-refractivity contribution >= 4 is 11.9 Å². The van der Waals surface area contributed by atoms with Crippen LogP contribution in [-0.4, -0.2) is 28.7 Å². The van der Waals surface area contributed by atoms with Crippen LogP contribution in [0.25, 0.3) is 0 Å². The van der Waals surface area contributed by atoms with Gasteiger partial charge in [-0.2, -0.15) is 0 Å². The van der Waals surface area contributed by atoms with Gasteiger partial charge in [0, 0.05) is 0 Å². The second-order valence-corrected chi connectivity index (χ2v) is 3.91. The number of carbonyl (C=O) groups is 2. The minimum Gasteiger partial charge on any atom is -0.481 e. The molecule has 0 aliphatic heterocycles. The summed E-state index contributed by atoms with van der Waals surface area (Å²) in [6.07, 6.45) is -0.596. The van der Waals surface area contributed by atoms with Crippen molar-refractivity contribution in [2.75, 3.05) is 6.61 Å². The number of carbonyl (C=O) groups excluding carboxylic acids is 1. The molecule has 8 heteroatoms. The summed E-state index contributed by atoms with van der Waals surface area (Å²) in [5, 5.41) is 17.6. The highest BCUT2D eigenvalue weighted by Crippen LogP contribution is 2.10. The number of rotatable bonds is 8. The maximum Gasteiger partial charge on any atom is 0.311 e. The van der Waals surface area contributed by atoms with E-state index in [0.29, 0.717) is 0 Å². The van der Waals surface area contributed by atoms with E-state index in [9.17, 15) is 19.7 Å². The van der Waals surface area contributed by atoms with Crippen LogP contribution in [0.1, 0.15) is 12.0 Å². The molecule has 1 aromatic carbocycles. The Labute approximate surface area is 114 Å². The van der Waals surface area contributed by atoms with Crippen molar-refractivity contribution < 1.29 is 29.4 Å². The molecule has 0 saturated carbocycles. The van der Waals surface area contributed by atoms with Crippen LogP contribution in [0.4, 0.5) is 0 Å². The molecular weight excluding hydrogens is 270 g/mol. The SMILES string of the molecule is O=C(O)CC(CO[N+](=O)[O-])C(=O)OCc1ccccc1. The van der Waals surface area contributed by atoms with Crippen LogP contribution >= 0.6 is 0 Å². The maximum atomic E-state index is 11.7. The van der Waals surface area contributed by atoms with Crippen molar-refractivity contribution in [3.63, 3.8) is 0 Å². The van der Waals surface area contributed by atoms with Crippen molar-refractivity contribution in [2.24, 2.45) is 5.92 Å². The molecule has 20 heavy (non-hydrogen) atoms. The first-order valence-electron chi connectivity index (χ1n) is 5.68. The molecule has 8 nitrogen and oxygen atoms in total. The average Bonchev–Trinajstić information content (AvgIpc) is 2.41. The predicted molar refractivity (Wildman–Crippen MR) is 64.9 cm³/mol. The normalized spacial score (nSPS) is 11.4. The predicted octanol–water partition coefficient (Wildman–Crippen LogP) is 1.03. The van der Waals surface area contributed by atoms with Crippen LogP contribution in [0.3, 0.4) is 0 Å². The third-order valence-corrected chi connectivity index (χ3v) is 2.36. The van der Waals surface area contributed by atoms with Gasteiger partial charge in [-0.25, -0.2) is 0 Å². The molecular formula is C12H13NO7. The Morgan fingerprint density at radius 2 is 1.95 bits per heavy atom. The number of carboxylic acids is 1. The summed E-state index contributed by atoms with van der Waals surface area (Å²) in [5.74, 6) is -3.33. The smallest absolute Gasteiger partial charge is 0.311 e. The van der Waals surface area contributed by atoms with Gasteiger partial charge >= 0.3 is 11.9 Å². The van der Waals surface area contributed by atoms with Crippen molar-refractivity contribution in [1.82, 2.24) is 0 Å². The lowest BCUT2D eigenvalue weighted by atomic mass is 10.1. The second-order valence-electron chi connectivity index (χ2n) is 3.91. The molecule has 0 radical (unpaired) electrons. The Morgan fingerprint density at radius 3 is 2.50 bits per heavy atom. The fraction of sp³-hybridized carbons (Fsp3) is 0.333. The largest absolute Gasteiger partial charge is 0.481 e. The number of benzene rings is 1. The summed E-state index contributed by atoms with van der Waals surface area (Å²) < 4.78 is 4.92. The summed E-state index contributed by atoms with van der Waals surface area (Å²) in [5.41, 5.74) is 0.727. The summed E-state index contributed by atoms with van der Waals surface area (Å²) >= 11 is 0. The lowest BCUT2D eigenvalue weighted by Gasteiger charge is -2.13. The first-order valence-corrected chi connectivity index (χ1v) is 5.68. The third kappa shape index (κ3) is 5.80. The highest BCUT2D eigenvalue weighted by atomic mass is 16.9. The van der Waals surface area contributed by atoms with E-state index in [2.05, 4.69) is 4.84 Å². The summed E-state index contributed by atoms with van der Waals surface area (Å²) in [6, 6.07) is 8.77. The Hall–Kier alpha value is -2.64. The van der Waals surface area contributed by atoms with Gasteiger partial charge in [-0.05, 0) is 5.56 Å². The molecule has 0 aromatic heterocycles. The topological polar surface area (TPSA) is 116 Å². The van der Waals surface area contributed by atoms with E-state index in [1.165, 1.54) is 0 Å². The molecule has 1 rings (SSSR count). The van der Waals surface area contributed by atoms with Gasteiger partial charge in [0.25, 0.3) is 5.09 Å². The average molecular weight is 283 g/mol. The maximum absolute atomic E-state index is 11.7. The summed E-state index contributed by atoms with van der Waals surface area (Å²) in [6.45, 7) is -0.679. The molecule has 0 aliphatic carbocycles. The lowest BCUT2D eigenvalue weighted by molar-refractivity contribution is -0.758. The van der Waals surface area contributed by atoms with Crippen LogP contribution in [0.2, 0.25) is 0 Å². The summed E-state index contributed by atoms with van der Waals surface area (Å²) in [4.78, 5) is 36.4. The molecule has 0 saturated heterocycles. The van der Waals surface area contributed by atoms with Gasteiger partial charge in [0.15, 0.2) is 0 Å². The zero-order valence-electron chi connectivity index (χ0n) is 10.4. The van der Waals surface area contributed by atoms with Crippen molar-refractivity contribution in [3.05, 3.63) is 46.0 Å².